The van der Waals surface area contributed by atoms with Crippen LogP contribution in [0.2, 0.25) is 0 Å². The normalized spacial score (nSPS) is 10.6. The number of carbonyl (C=O) groups is 1. The Morgan fingerprint density at radius 2 is 2.11 bits per heavy atom. The Kier molecular flexibility index (Phi) is 6.41. The molecule has 19 heavy (non-hydrogen) atoms. The van der Waals surface area contributed by atoms with Crippen LogP contribution in [0.5, 0.6) is 0 Å². The fraction of sp³-hybridized carbons (Fsp3) is 0.385. The molecule has 0 fully saturated rings. The maximum Gasteiger partial charge on any atom is 0.347 e. The molecule has 0 aromatic carbocycles. The largest absolute Gasteiger partial charge is 0.477 e. The van der Waals surface area contributed by atoms with Crippen LogP contribution >= 0.6 is 11.3 Å². The average molecular weight is 282 g/mol. The first-order valence-corrected chi connectivity index (χ1v) is 6.59. The summed E-state index contributed by atoms with van der Waals surface area (Å²) in [5, 5.41) is 9.87. The third-order valence-electron chi connectivity index (χ3n) is 2.35. The first-order valence-electron chi connectivity index (χ1n) is 5.77. The molecule has 104 valence electrons. The summed E-state index contributed by atoms with van der Waals surface area (Å²) in [4.78, 5) is 17.8. The Hall–Kier alpha value is -1.50. The van der Waals surface area contributed by atoms with Gasteiger partial charge in [-0.15, -0.1) is 24.5 Å². The van der Waals surface area contributed by atoms with Crippen LogP contribution in [0.25, 0.3) is 0 Å². The van der Waals surface area contributed by atoms with Gasteiger partial charge in [-0.2, -0.15) is 0 Å². The molecule has 1 rings (SSSR count). The van der Waals surface area contributed by atoms with Crippen LogP contribution in [0.4, 0.5) is 0 Å². The summed E-state index contributed by atoms with van der Waals surface area (Å²) in [6, 6.07) is 0. The van der Waals surface area contributed by atoms with Gasteiger partial charge in [0, 0.05) is 20.2 Å². The minimum absolute atomic E-state index is 0.209. The minimum Gasteiger partial charge on any atom is -0.477 e. The van der Waals surface area contributed by atoms with Crippen LogP contribution in [0, 0.1) is 0 Å². The molecule has 0 saturated heterocycles. The number of thiazole rings is 1. The van der Waals surface area contributed by atoms with Crippen molar-refractivity contribution in [2.24, 2.45) is 0 Å². The maximum absolute atomic E-state index is 11.1. The lowest BCUT2D eigenvalue weighted by molar-refractivity contribution is 0.0697. The predicted octanol–water partition coefficient (Wildman–Crippen LogP) is 2.16. The van der Waals surface area contributed by atoms with Gasteiger partial charge < -0.3 is 9.84 Å². The first-order chi connectivity index (χ1) is 9.12. The lowest BCUT2D eigenvalue weighted by Gasteiger charge is -2.16. The van der Waals surface area contributed by atoms with Crippen molar-refractivity contribution in [3.8, 4) is 0 Å². The van der Waals surface area contributed by atoms with E-state index in [1.807, 2.05) is 0 Å². The first kappa shape index (κ1) is 15.6. The molecule has 0 saturated carbocycles. The van der Waals surface area contributed by atoms with E-state index in [1.165, 1.54) is 18.4 Å². The van der Waals surface area contributed by atoms with Crippen molar-refractivity contribution in [2.75, 3.05) is 20.2 Å². The van der Waals surface area contributed by atoms with Gasteiger partial charge in [-0.3, -0.25) is 4.90 Å². The maximum atomic E-state index is 11.1. The molecule has 1 heterocycles. The van der Waals surface area contributed by atoms with E-state index in [0.717, 1.165) is 5.01 Å². The van der Waals surface area contributed by atoms with E-state index in [1.54, 1.807) is 12.2 Å². The molecule has 0 aliphatic carbocycles. The third-order valence-corrected chi connectivity index (χ3v) is 3.42. The molecule has 1 aromatic rings. The van der Waals surface area contributed by atoms with Gasteiger partial charge in [-0.1, -0.05) is 12.2 Å². The molecule has 6 heteroatoms. The number of nitrogens with zero attached hydrogens (tertiary/aromatic N) is 2. The zero-order valence-corrected chi connectivity index (χ0v) is 11.8. The third kappa shape index (κ3) is 4.59. The van der Waals surface area contributed by atoms with E-state index in [-0.39, 0.29) is 11.5 Å². The van der Waals surface area contributed by atoms with E-state index in [9.17, 15) is 4.79 Å². The molecule has 0 radical (unpaired) electrons. The Bertz CT molecular complexity index is 447. The quantitative estimate of drug-likeness (QED) is 0.703. The molecular weight excluding hydrogens is 264 g/mol. The number of carboxylic acid groups (broad SMARTS) is 1. The average Bonchev–Trinajstić information content (AvgIpc) is 2.73. The Balaban J connectivity index is 2.87. The predicted molar refractivity (Wildman–Crippen MR) is 75.5 cm³/mol. The van der Waals surface area contributed by atoms with Crippen LogP contribution < -0.4 is 0 Å². The fourth-order valence-corrected chi connectivity index (χ4v) is 2.58. The van der Waals surface area contributed by atoms with Crippen molar-refractivity contribution in [3.05, 3.63) is 40.9 Å². The van der Waals surface area contributed by atoms with Crippen molar-refractivity contribution in [2.45, 2.75) is 13.2 Å². The van der Waals surface area contributed by atoms with Gasteiger partial charge in [0.25, 0.3) is 0 Å². The molecule has 0 spiro atoms. The van der Waals surface area contributed by atoms with E-state index >= 15 is 0 Å². The second kappa shape index (κ2) is 7.83. The van der Waals surface area contributed by atoms with E-state index in [0.29, 0.717) is 25.3 Å². The van der Waals surface area contributed by atoms with Crippen LogP contribution in [-0.4, -0.2) is 41.2 Å². The van der Waals surface area contributed by atoms with Crippen molar-refractivity contribution >= 4 is 17.3 Å². The van der Waals surface area contributed by atoms with Gasteiger partial charge >= 0.3 is 5.97 Å². The monoisotopic (exact) mass is 282 g/mol. The summed E-state index contributed by atoms with van der Waals surface area (Å²) in [5.41, 5.74) is 0.479. The standard InChI is InChI=1S/C13H18N2O3S/c1-4-6-15(7-5-2)8-11-14-10(9-18-3)12(19-11)13(16)17/h4-5H,1-2,6-9H2,3H3,(H,16,17). The highest BCUT2D eigenvalue weighted by atomic mass is 32.1. The zero-order chi connectivity index (χ0) is 14.3. The summed E-state index contributed by atoms with van der Waals surface area (Å²) in [6.07, 6.45) is 3.59. The van der Waals surface area contributed by atoms with Gasteiger partial charge in [0.05, 0.1) is 18.8 Å². The Morgan fingerprint density at radius 3 is 2.58 bits per heavy atom. The van der Waals surface area contributed by atoms with Crippen LogP contribution in [0.15, 0.2) is 25.3 Å². The summed E-state index contributed by atoms with van der Waals surface area (Å²) >= 11 is 1.19. The highest BCUT2D eigenvalue weighted by Gasteiger charge is 2.18. The molecule has 1 aromatic heterocycles. The number of aromatic nitrogens is 1. The van der Waals surface area contributed by atoms with Gasteiger partial charge in [-0.25, -0.2) is 9.78 Å². The Morgan fingerprint density at radius 1 is 1.47 bits per heavy atom. The summed E-state index contributed by atoms with van der Waals surface area (Å²) < 4.78 is 4.97. The summed E-state index contributed by atoms with van der Waals surface area (Å²) in [6.45, 7) is 9.58. The van der Waals surface area contributed by atoms with E-state index in [4.69, 9.17) is 9.84 Å². The summed E-state index contributed by atoms with van der Waals surface area (Å²) in [7, 11) is 1.52. The van der Waals surface area contributed by atoms with Crippen LogP contribution in [0.1, 0.15) is 20.4 Å². The molecular formula is C13H18N2O3S. The molecule has 0 atom stereocenters. The number of aromatic carboxylic acids is 1. The van der Waals surface area contributed by atoms with E-state index < -0.39 is 5.97 Å². The highest BCUT2D eigenvalue weighted by molar-refractivity contribution is 7.13. The smallest absolute Gasteiger partial charge is 0.347 e. The SMILES string of the molecule is C=CCN(CC=C)Cc1nc(COC)c(C(=O)O)s1. The second-order valence-corrected chi connectivity index (χ2v) is 4.98. The second-order valence-electron chi connectivity index (χ2n) is 3.89. The molecule has 5 nitrogen and oxygen atoms in total. The van der Waals surface area contributed by atoms with Gasteiger partial charge in [-0.05, 0) is 0 Å². The van der Waals surface area contributed by atoms with E-state index in [2.05, 4.69) is 23.0 Å². The Labute approximate surface area is 116 Å². The van der Waals surface area contributed by atoms with Crippen LogP contribution in [0.3, 0.4) is 0 Å². The molecule has 0 amide bonds. The lowest BCUT2D eigenvalue weighted by Crippen LogP contribution is -2.23. The topological polar surface area (TPSA) is 62.7 Å². The number of methoxy groups -OCH3 is 1. The van der Waals surface area contributed by atoms with Crippen LogP contribution in [-0.2, 0) is 17.9 Å². The van der Waals surface area contributed by atoms with Gasteiger partial charge in [0.2, 0.25) is 0 Å². The minimum atomic E-state index is -0.963. The van der Waals surface area contributed by atoms with Gasteiger partial charge in [0.15, 0.2) is 0 Å². The lowest BCUT2D eigenvalue weighted by atomic mass is 10.4. The molecule has 0 unspecified atom stereocenters. The fourth-order valence-electron chi connectivity index (χ4n) is 1.63. The summed E-state index contributed by atoms with van der Waals surface area (Å²) in [5.74, 6) is -0.963. The molecule has 0 bridgehead atoms. The van der Waals surface area contributed by atoms with Crippen molar-refractivity contribution in [1.82, 2.24) is 9.88 Å². The number of ether oxygens (including phenoxy) is 1. The van der Waals surface area contributed by atoms with Crippen molar-refractivity contribution < 1.29 is 14.6 Å². The van der Waals surface area contributed by atoms with Crippen molar-refractivity contribution in [1.29, 1.82) is 0 Å². The number of carboxylic acids is 1. The molecule has 1 N–H and O–H groups in total. The molecule has 0 aliphatic heterocycles. The van der Waals surface area contributed by atoms with Crippen molar-refractivity contribution in [3.63, 3.8) is 0 Å². The number of rotatable bonds is 9. The number of hydrogen-bond donors (Lipinski definition) is 1. The number of hydrogen-bond acceptors (Lipinski definition) is 5. The zero-order valence-electron chi connectivity index (χ0n) is 11.0. The highest BCUT2D eigenvalue weighted by Crippen LogP contribution is 2.21. The molecule has 0 aliphatic rings. The van der Waals surface area contributed by atoms with Gasteiger partial charge in [0.1, 0.15) is 9.88 Å².